The van der Waals surface area contributed by atoms with Crippen LogP contribution in [-0.4, -0.2) is 28.7 Å². The van der Waals surface area contributed by atoms with Crippen molar-refractivity contribution in [1.29, 1.82) is 0 Å². The van der Waals surface area contributed by atoms with Crippen molar-refractivity contribution in [3.63, 3.8) is 0 Å². The van der Waals surface area contributed by atoms with Crippen molar-refractivity contribution in [3.05, 3.63) is 59.9 Å². The summed E-state index contributed by atoms with van der Waals surface area (Å²) in [6, 6.07) is 6.93. The lowest BCUT2D eigenvalue weighted by Crippen LogP contribution is -2.28. The van der Waals surface area contributed by atoms with Crippen LogP contribution in [0.1, 0.15) is 5.56 Å². The minimum atomic E-state index is -0.961. The number of benzene rings is 1. The number of hydrogen-bond acceptors (Lipinski definition) is 6. The van der Waals surface area contributed by atoms with Gasteiger partial charge in [-0.2, -0.15) is 10.2 Å². The van der Waals surface area contributed by atoms with E-state index in [4.69, 9.17) is 5.73 Å². The molecule has 0 fully saturated rings. The molecule has 0 amide bonds. The fraction of sp³-hybridized carbons (Fsp3) is 0.0667. The largest absolute Gasteiger partial charge is 0.325 e. The third-order valence-corrected chi connectivity index (χ3v) is 3.13. The summed E-state index contributed by atoms with van der Waals surface area (Å²) in [5.41, 5.74) is 10.9. The summed E-state index contributed by atoms with van der Waals surface area (Å²) < 4.78 is 26.2. The average molecular weight is 314 g/mol. The van der Waals surface area contributed by atoms with E-state index < -0.39 is 11.6 Å². The number of aromatic nitrogens is 1. The Morgan fingerprint density at radius 2 is 1.83 bits per heavy atom. The van der Waals surface area contributed by atoms with Crippen molar-refractivity contribution in [3.8, 4) is 0 Å². The zero-order chi connectivity index (χ0) is 16.2. The number of nitrogens with zero attached hydrogens (tertiary/aromatic N) is 4. The smallest absolute Gasteiger partial charge is 0.160 e. The maximum absolute atomic E-state index is 13.2. The summed E-state index contributed by atoms with van der Waals surface area (Å²) in [6.07, 6.45) is 3.25. The number of anilines is 1. The van der Waals surface area contributed by atoms with Crippen molar-refractivity contribution in [2.24, 2.45) is 21.0 Å². The van der Waals surface area contributed by atoms with Gasteiger partial charge in [-0.1, -0.05) is 0 Å². The quantitative estimate of drug-likeness (QED) is 0.845. The molecule has 0 spiro atoms. The highest BCUT2D eigenvalue weighted by molar-refractivity contribution is 6.73. The van der Waals surface area contributed by atoms with E-state index in [0.717, 1.165) is 17.7 Å². The molecule has 2 heterocycles. The number of nitrogens with two attached hydrogens (primary N) is 1. The molecule has 3 N–H and O–H groups in total. The third kappa shape index (κ3) is 3.11. The zero-order valence-electron chi connectivity index (χ0n) is 11.9. The maximum Gasteiger partial charge on any atom is 0.160 e. The lowest BCUT2D eigenvalue weighted by atomic mass is 10.0. The Bertz CT molecular complexity index is 814. The van der Waals surface area contributed by atoms with Gasteiger partial charge in [-0.25, -0.2) is 8.78 Å². The molecule has 2 aromatic rings. The van der Waals surface area contributed by atoms with Gasteiger partial charge in [0.25, 0.3) is 0 Å². The molecular formula is C15H12F2N6. The Morgan fingerprint density at radius 1 is 1.04 bits per heavy atom. The molecule has 1 aromatic carbocycles. The van der Waals surface area contributed by atoms with Gasteiger partial charge in [-0.3, -0.25) is 10.4 Å². The molecule has 0 unspecified atom stereocenters. The first kappa shape index (κ1) is 14.9. The predicted octanol–water partition coefficient (Wildman–Crippen LogP) is 1.95. The zero-order valence-corrected chi connectivity index (χ0v) is 11.9. The summed E-state index contributed by atoms with van der Waals surface area (Å²) in [5, 5.41) is 12.3. The number of hydrazone groups is 1. The highest BCUT2D eigenvalue weighted by Crippen LogP contribution is 2.14. The molecule has 116 valence electrons. The van der Waals surface area contributed by atoms with Gasteiger partial charge in [0.2, 0.25) is 0 Å². The number of pyridine rings is 1. The second kappa shape index (κ2) is 6.41. The molecule has 0 saturated carbocycles. The van der Waals surface area contributed by atoms with Gasteiger partial charge in [-0.15, -0.1) is 5.10 Å². The first-order valence-corrected chi connectivity index (χ1v) is 6.73. The Labute approximate surface area is 130 Å². The normalized spacial score (nSPS) is 15.5. The van der Waals surface area contributed by atoms with Crippen LogP contribution in [0.3, 0.4) is 0 Å². The number of halogens is 2. The Hall–Kier alpha value is -3.00. The van der Waals surface area contributed by atoms with Crippen LogP contribution in [0.25, 0.3) is 0 Å². The van der Waals surface area contributed by atoms with Crippen LogP contribution in [0.4, 0.5) is 14.5 Å². The van der Waals surface area contributed by atoms with Crippen molar-refractivity contribution >= 4 is 22.8 Å². The molecule has 0 atom stereocenters. The monoisotopic (exact) mass is 314 g/mol. The van der Waals surface area contributed by atoms with Crippen LogP contribution in [-0.2, 0) is 0 Å². The third-order valence-electron chi connectivity index (χ3n) is 3.13. The minimum absolute atomic E-state index is 0.149. The van der Waals surface area contributed by atoms with Crippen molar-refractivity contribution in [1.82, 2.24) is 4.98 Å². The SMILES string of the molecule is NCC1=NN=C(c2ccncc2)C1=NNc1ccc(F)c(F)c1. The Kier molecular flexibility index (Phi) is 4.15. The van der Waals surface area contributed by atoms with Crippen molar-refractivity contribution in [2.75, 3.05) is 12.0 Å². The summed E-state index contributed by atoms with van der Waals surface area (Å²) >= 11 is 0. The van der Waals surface area contributed by atoms with Gasteiger partial charge in [0.15, 0.2) is 11.6 Å². The fourth-order valence-electron chi connectivity index (χ4n) is 1.99. The Morgan fingerprint density at radius 3 is 2.52 bits per heavy atom. The molecule has 8 heteroatoms. The van der Waals surface area contributed by atoms with Crippen LogP contribution < -0.4 is 11.2 Å². The van der Waals surface area contributed by atoms with Crippen LogP contribution in [0.2, 0.25) is 0 Å². The predicted molar refractivity (Wildman–Crippen MR) is 84.7 cm³/mol. The van der Waals surface area contributed by atoms with Crippen molar-refractivity contribution in [2.45, 2.75) is 0 Å². The molecule has 0 bridgehead atoms. The number of nitrogens with one attached hydrogen (secondary N) is 1. The molecular weight excluding hydrogens is 302 g/mol. The first-order valence-electron chi connectivity index (χ1n) is 6.73. The van der Waals surface area contributed by atoms with Gasteiger partial charge in [-0.05, 0) is 24.3 Å². The van der Waals surface area contributed by atoms with E-state index >= 15 is 0 Å². The van der Waals surface area contributed by atoms with Crippen molar-refractivity contribution < 1.29 is 8.78 Å². The van der Waals surface area contributed by atoms with E-state index in [1.165, 1.54) is 6.07 Å². The molecule has 6 nitrogen and oxygen atoms in total. The fourth-order valence-corrected chi connectivity index (χ4v) is 1.99. The Balaban J connectivity index is 1.89. The van der Waals surface area contributed by atoms with E-state index in [-0.39, 0.29) is 6.54 Å². The number of rotatable bonds is 4. The molecule has 0 aliphatic carbocycles. The molecule has 0 saturated heterocycles. The van der Waals surface area contributed by atoms with E-state index in [9.17, 15) is 8.78 Å². The molecule has 1 aliphatic rings. The van der Waals surface area contributed by atoms with E-state index in [1.54, 1.807) is 24.5 Å². The number of hydrogen-bond donors (Lipinski definition) is 2. The van der Waals surface area contributed by atoms with Crippen LogP contribution in [0, 0.1) is 11.6 Å². The molecule has 3 rings (SSSR count). The molecule has 23 heavy (non-hydrogen) atoms. The van der Waals surface area contributed by atoms with Gasteiger partial charge < -0.3 is 5.73 Å². The maximum atomic E-state index is 13.2. The summed E-state index contributed by atoms with van der Waals surface area (Å²) in [4.78, 5) is 3.94. The standard InChI is InChI=1S/C15H12F2N6/c16-11-2-1-10(7-12(11)17)20-23-15-13(8-18)21-22-14(15)9-3-5-19-6-4-9/h1-7,20H,8,18H2. The lowest BCUT2D eigenvalue weighted by molar-refractivity contribution is 0.509. The van der Waals surface area contributed by atoms with Crippen LogP contribution in [0.15, 0.2) is 58.0 Å². The first-order chi connectivity index (χ1) is 11.2. The second-order valence-electron chi connectivity index (χ2n) is 4.64. The summed E-state index contributed by atoms with van der Waals surface area (Å²) in [6.45, 7) is 0.149. The minimum Gasteiger partial charge on any atom is -0.325 e. The average Bonchev–Trinajstić information content (AvgIpc) is 2.99. The van der Waals surface area contributed by atoms with Gasteiger partial charge in [0.1, 0.15) is 17.1 Å². The van der Waals surface area contributed by atoms with E-state index in [2.05, 4.69) is 25.7 Å². The summed E-state index contributed by atoms with van der Waals surface area (Å²) in [5.74, 6) is -1.88. The van der Waals surface area contributed by atoms with E-state index in [1.807, 2.05) is 0 Å². The van der Waals surface area contributed by atoms with Gasteiger partial charge in [0.05, 0.1) is 5.69 Å². The van der Waals surface area contributed by atoms with Gasteiger partial charge in [0, 0.05) is 30.6 Å². The van der Waals surface area contributed by atoms with Gasteiger partial charge >= 0.3 is 0 Å². The highest BCUT2D eigenvalue weighted by Gasteiger charge is 2.22. The molecule has 0 radical (unpaired) electrons. The second-order valence-corrected chi connectivity index (χ2v) is 4.64. The van der Waals surface area contributed by atoms with Crippen LogP contribution in [0.5, 0.6) is 0 Å². The lowest BCUT2D eigenvalue weighted by Gasteiger charge is -2.06. The van der Waals surface area contributed by atoms with Crippen LogP contribution >= 0.6 is 0 Å². The van der Waals surface area contributed by atoms with E-state index in [0.29, 0.717) is 22.8 Å². The topological polar surface area (TPSA) is 88.0 Å². The summed E-state index contributed by atoms with van der Waals surface area (Å²) in [7, 11) is 0. The molecule has 1 aromatic heterocycles. The highest BCUT2D eigenvalue weighted by atomic mass is 19.2. The molecule has 1 aliphatic heterocycles.